The van der Waals surface area contributed by atoms with Gasteiger partial charge in [0.15, 0.2) is 0 Å². The van der Waals surface area contributed by atoms with Gasteiger partial charge >= 0.3 is 0 Å². The zero-order valence-electron chi connectivity index (χ0n) is 12.0. The molecule has 0 atom stereocenters. The quantitative estimate of drug-likeness (QED) is 0.893. The van der Waals surface area contributed by atoms with Crippen molar-refractivity contribution in [2.24, 2.45) is 5.41 Å². The van der Waals surface area contributed by atoms with Gasteiger partial charge in [0.1, 0.15) is 0 Å². The molecule has 4 nitrogen and oxygen atoms in total. The molecule has 1 aliphatic heterocycles. The SMILES string of the molecule is Cc1ccccc1S(=O)(=O)NCC1(C)CCNCC1.Cl. The third-order valence-corrected chi connectivity index (χ3v) is 5.44. The molecule has 0 saturated carbocycles. The Morgan fingerprint density at radius 3 is 2.45 bits per heavy atom. The van der Waals surface area contributed by atoms with Crippen molar-refractivity contribution in [3.63, 3.8) is 0 Å². The molecule has 0 amide bonds. The normalized spacial score (nSPS) is 18.3. The van der Waals surface area contributed by atoms with Crippen LogP contribution in [0.15, 0.2) is 29.2 Å². The molecule has 1 aromatic rings. The smallest absolute Gasteiger partial charge is 0.240 e. The van der Waals surface area contributed by atoms with E-state index in [0.29, 0.717) is 11.4 Å². The molecular formula is C14H23ClN2O2S. The summed E-state index contributed by atoms with van der Waals surface area (Å²) in [5.74, 6) is 0. The van der Waals surface area contributed by atoms with Gasteiger partial charge in [-0.1, -0.05) is 25.1 Å². The second-order valence-corrected chi connectivity index (χ2v) is 7.39. The summed E-state index contributed by atoms with van der Waals surface area (Å²) in [5, 5.41) is 3.30. The Hall–Kier alpha value is -0.620. The highest BCUT2D eigenvalue weighted by molar-refractivity contribution is 7.89. The van der Waals surface area contributed by atoms with Crippen LogP contribution in [0.4, 0.5) is 0 Å². The lowest BCUT2D eigenvalue weighted by Gasteiger charge is -2.34. The number of halogens is 1. The molecular weight excluding hydrogens is 296 g/mol. The maximum atomic E-state index is 12.3. The minimum atomic E-state index is -3.40. The molecule has 0 spiro atoms. The Labute approximate surface area is 127 Å². The Morgan fingerprint density at radius 2 is 1.85 bits per heavy atom. The molecule has 2 N–H and O–H groups in total. The first-order chi connectivity index (χ1) is 8.93. The van der Waals surface area contributed by atoms with Crippen LogP contribution in [0, 0.1) is 12.3 Å². The number of hydrogen-bond acceptors (Lipinski definition) is 3. The van der Waals surface area contributed by atoms with Crippen LogP contribution >= 0.6 is 12.4 Å². The maximum absolute atomic E-state index is 12.3. The highest BCUT2D eigenvalue weighted by Crippen LogP contribution is 2.27. The maximum Gasteiger partial charge on any atom is 0.240 e. The van der Waals surface area contributed by atoms with Crippen LogP contribution in [0.25, 0.3) is 0 Å². The van der Waals surface area contributed by atoms with Crippen LogP contribution in [0.1, 0.15) is 25.3 Å². The van der Waals surface area contributed by atoms with Gasteiger partial charge in [-0.3, -0.25) is 0 Å². The van der Waals surface area contributed by atoms with E-state index in [1.54, 1.807) is 12.1 Å². The third-order valence-electron chi connectivity index (χ3n) is 3.88. The summed E-state index contributed by atoms with van der Waals surface area (Å²) in [6.45, 7) is 6.39. The average molecular weight is 319 g/mol. The predicted molar refractivity (Wildman–Crippen MR) is 83.8 cm³/mol. The van der Waals surface area contributed by atoms with Crippen molar-refractivity contribution >= 4 is 22.4 Å². The first-order valence-corrected chi connectivity index (χ1v) is 8.17. The zero-order chi connectivity index (χ0) is 13.9. The molecule has 20 heavy (non-hydrogen) atoms. The topological polar surface area (TPSA) is 58.2 Å². The largest absolute Gasteiger partial charge is 0.317 e. The van der Waals surface area contributed by atoms with E-state index >= 15 is 0 Å². The summed E-state index contributed by atoms with van der Waals surface area (Å²) in [7, 11) is -3.40. The molecule has 1 fully saturated rings. The predicted octanol–water partition coefficient (Wildman–Crippen LogP) is 2.08. The van der Waals surface area contributed by atoms with Gasteiger partial charge in [-0.05, 0) is 49.9 Å². The standard InChI is InChI=1S/C14H22N2O2S.ClH/c1-12-5-3-4-6-13(12)19(17,18)16-11-14(2)7-9-15-10-8-14;/h3-6,15-16H,7-11H2,1-2H3;1H. The molecule has 0 unspecified atom stereocenters. The monoisotopic (exact) mass is 318 g/mol. The van der Waals surface area contributed by atoms with Gasteiger partial charge in [-0.25, -0.2) is 13.1 Å². The molecule has 2 rings (SSSR count). The van der Waals surface area contributed by atoms with Gasteiger partial charge in [0.25, 0.3) is 0 Å². The van der Waals surface area contributed by atoms with Crippen LogP contribution in [0.3, 0.4) is 0 Å². The van der Waals surface area contributed by atoms with Crippen molar-refractivity contribution in [2.75, 3.05) is 19.6 Å². The number of piperidine rings is 1. The van der Waals surface area contributed by atoms with Crippen molar-refractivity contribution in [3.05, 3.63) is 29.8 Å². The molecule has 1 saturated heterocycles. The summed E-state index contributed by atoms with van der Waals surface area (Å²) < 4.78 is 27.4. The molecule has 114 valence electrons. The van der Waals surface area contributed by atoms with Crippen LogP contribution in [-0.2, 0) is 10.0 Å². The van der Waals surface area contributed by atoms with Crippen molar-refractivity contribution < 1.29 is 8.42 Å². The van der Waals surface area contributed by atoms with Crippen molar-refractivity contribution in [3.8, 4) is 0 Å². The van der Waals surface area contributed by atoms with Crippen molar-refractivity contribution in [1.82, 2.24) is 10.0 Å². The van der Waals surface area contributed by atoms with Crippen LogP contribution in [-0.4, -0.2) is 28.1 Å². The van der Waals surface area contributed by atoms with Gasteiger partial charge in [-0.2, -0.15) is 0 Å². The van der Waals surface area contributed by atoms with Crippen LogP contribution < -0.4 is 10.0 Å². The number of nitrogens with one attached hydrogen (secondary N) is 2. The van der Waals surface area contributed by atoms with E-state index in [1.807, 2.05) is 19.1 Å². The Balaban J connectivity index is 0.00000200. The highest BCUT2D eigenvalue weighted by atomic mass is 35.5. The molecule has 6 heteroatoms. The number of benzene rings is 1. The van der Waals surface area contributed by atoms with E-state index in [9.17, 15) is 8.42 Å². The first kappa shape index (κ1) is 17.4. The third kappa shape index (κ3) is 4.19. The van der Waals surface area contributed by atoms with Crippen molar-refractivity contribution in [1.29, 1.82) is 0 Å². The Kier molecular flexibility index (Phi) is 6.01. The summed E-state index contributed by atoms with van der Waals surface area (Å²) in [6.07, 6.45) is 2.01. The fraction of sp³-hybridized carbons (Fsp3) is 0.571. The van der Waals surface area contributed by atoms with Crippen LogP contribution in [0.2, 0.25) is 0 Å². The molecule has 0 aromatic heterocycles. The number of rotatable bonds is 4. The second-order valence-electron chi connectivity index (χ2n) is 5.65. The van der Waals surface area contributed by atoms with Gasteiger partial charge in [0, 0.05) is 6.54 Å². The summed E-state index contributed by atoms with van der Waals surface area (Å²) in [4.78, 5) is 0.382. The lowest BCUT2D eigenvalue weighted by molar-refractivity contribution is 0.232. The number of aryl methyl sites for hydroxylation is 1. The van der Waals surface area contributed by atoms with E-state index in [-0.39, 0.29) is 17.8 Å². The first-order valence-electron chi connectivity index (χ1n) is 6.69. The van der Waals surface area contributed by atoms with E-state index in [0.717, 1.165) is 31.5 Å². The lowest BCUT2D eigenvalue weighted by Crippen LogP contribution is -2.42. The van der Waals surface area contributed by atoms with Gasteiger partial charge in [0.2, 0.25) is 10.0 Å². The highest BCUT2D eigenvalue weighted by Gasteiger charge is 2.28. The van der Waals surface area contributed by atoms with E-state index in [4.69, 9.17) is 0 Å². The minimum absolute atomic E-state index is 0. The van der Waals surface area contributed by atoms with Crippen LogP contribution in [0.5, 0.6) is 0 Å². The zero-order valence-corrected chi connectivity index (χ0v) is 13.6. The fourth-order valence-corrected chi connectivity index (χ4v) is 3.86. The van der Waals surface area contributed by atoms with Gasteiger partial charge in [-0.15, -0.1) is 12.4 Å². The van der Waals surface area contributed by atoms with E-state index < -0.39 is 10.0 Å². The van der Waals surface area contributed by atoms with E-state index in [2.05, 4.69) is 17.0 Å². The number of hydrogen-bond donors (Lipinski definition) is 2. The molecule has 1 heterocycles. The summed E-state index contributed by atoms with van der Waals surface area (Å²) in [5.41, 5.74) is 0.839. The molecule has 1 aromatic carbocycles. The fourth-order valence-electron chi connectivity index (χ4n) is 2.41. The van der Waals surface area contributed by atoms with E-state index in [1.165, 1.54) is 0 Å². The summed E-state index contributed by atoms with van der Waals surface area (Å²) in [6, 6.07) is 7.08. The molecule has 0 radical (unpaired) electrons. The molecule has 1 aliphatic rings. The summed E-state index contributed by atoms with van der Waals surface area (Å²) >= 11 is 0. The average Bonchev–Trinajstić information content (AvgIpc) is 2.38. The number of sulfonamides is 1. The molecule has 0 bridgehead atoms. The Bertz CT molecular complexity index is 540. The second kappa shape index (κ2) is 6.89. The Morgan fingerprint density at radius 1 is 1.25 bits per heavy atom. The van der Waals surface area contributed by atoms with Crippen molar-refractivity contribution in [2.45, 2.75) is 31.6 Å². The lowest BCUT2D eigenvalue weighted by atomic mass is 9.81. The van der Waals surface area contributed by atoms with Gasteiger partial charge in [0.05, 0.1) is 4.90 Å². The minimum Gasteiger partial charge on any atom is -0.317 e. The van der Waals surface area contributed by atoms with Gasteiger partial charge < -0.3 is 5.32 Å². The molecule has 0 aliphatic carbocycles.